The lowest BCUT2D eigenvalue weighted by Gasteiger charge is -2.24. The zero-order chi connectivity index (χ0) is 21.0. The van der Waals surface area contributed by atoms with Gasteiger partial charge in [-0.25, -0.2) is 0 Å². The van der Waals surface area contributed by atoms with Crippen LogP contribution in [0.15, 0.2) is 72.8 Å². The van der Waals surface area contributed by atoms with Gasteiger partial charge in [0, 0.05) is 0 Å². The molecule has 0 spiro atoms. The van der Waals surface area contributed by atoms with Crippen LogP contribution in [0.25, 0.3) is 11.1 Å². The first-order valence-electron chi connectivity index (χ1n) is 10.2. The van der Waals surface area contributed by atoms with Crippen molar-refractivity contribution < 1.29 is 17.9 Å². The predicted molar refractivity (Wildman–Crippen MR) is 112 cm³/mol. The fraction of sp³-hybridized carbons (Fsp3) is 0.280. The molecule has 1 fully saturated rings. The Balaban J connectivity index is 1.63. The molecule has 1 aliphatic rings. The summed E-state index contributed by atoms with van der Waals surface area (Å²) in [5.41, 5.74) is 2.50. The third-order valence-electron chi connectivity index (χ3n) is 5.51. The van der Waals surface area contributed by atoms with E-state index >= 15 is 0 Å². The van der Waals surface area contributed by atoms with Crippen LogP contribution in [0.3, 0.4) is 0 Å². The summed E-state index contributed by atoms with van der Waals surface area (Å²) in [6.45, 7) is 2.07. The summed E-state index contributed by atoms with van der Waals surface area (Å²) in [5, 5.41) is 3.27. The number of piperidine rings is 1. The fourth-order valence-corrected chi connectivity index (χ4v) is 3.88. The molecular weight excluding hydrogens is 387 g/mol. The van der Waals surface area contributed by atoms with Gasteiger partial charge in [-0.1, -0.05) is 48.5 Å². The normalized spacial score (nSPS) is 15.2. The highest BCUT2D eigenvalue weighted by atomic mass is 19.4. The smallest absolute Gasteiger partial charge is 0.416 e. The van der Waals surface area contributed by atoms with Gasteiger partial charge in [-0.15, -0.1) is 0 Å². The highest BCUT2D eigenvalue weighted by molar-refractivity contribution is 5.67. The van der Waals surface area contributed by atoms with Crippen LogP contribution in [0.2, 0.25) is 0 Å². The summed E-state index contributed by atoms with van der Waals surface area (Å²) in [6.07, 6.45) is -2.68. The number of nitrogens with one attached hydrogen (secondary N) is 1. The number of benzene rings is 3. The van der Waals surface area contributed by atoms with E-state index in [-0.39, 0.29) is 5.92 Å². The molecule has 0 saturated carbocycles. The lowest BCUT2D eigenvalue weighted by Crippen LogP contribution is -2.26. The number of halogens is 3. The van der Waals surface area contributed by atoms with E-state index in [0.29, 0.717) is 17.9 Å². The molecular formula is C25H24F3NO. The number of ether oxygens (including phenoxy) is 1. The minimum Gasteiger partial charge on any atom is -0.489 e. The van der Waals surface area contributed by atoms with Crippen LogP contribution in [0.1, 0.15) is 35.4 Å². The Bertz CT molecular complexity index is 979. The average molecular weight is 411 g/mol. The summed E-state index contributed by atoms with van der Waals surface area (Å²) in [6, 6.07) is 21.5. The maximum atomic E-state index is 13.6. The fourth-order valence-electron chi connectivity index (χ4n) is 3.88. The third-order valence-corrected chi connectivity index (χ3v) is 5.51. The number of hydrogen-bond donors (Lipinski definition) is 1. The van der Waals surface area contributed by atoms with Crippen molar-refractivity contribution in [3.63, 3.8) is 0 Å². The summed E-state index contributed by atoms with van der Waals surface area (Å²) < 4.78 is 46.6. The number of rotatable bonds is 5. The lowest BCUT2D eigenvalue weighted by atomic mass is 9.87. The quantitative estimate of drug-likeness (QED) is 0.523. The van der Waals surface area contributed by atoms with Gasteiger partial charge in [-0.05, 0) is 78.4 Å². The minimum absolute atomic E-state index is 0.143. The van der Waals surface area contributed by atoms with Crippen LogP contribution in [0, 0.1) is 0 Å². The van der Waals surface area contributed by atoms with Gasteiger partial charge in [0.05, 0.1) is 5.56 Å². The van der Waals surface area contributed by atoms with Gasteiger partial charge >= 0.3 is 6.18 Å². The molecule has 3 aromatic rings. The molecule has 0 aliphatic carbocycles. The van der Waals surface area contributed by atoms with Gasteiger partial charge in [-0.3, -0.25) is 0 Å². The lowest BCUT2D eigenvalue weighted by molar-refractivity contribution is -0.137. The van der Waals surface area contributed by atoms with Crippen molar-refractivity contribution in [3.8, 4) is 16.9 Å². The third kappa shape index (κ3) is 5.03. The van der Waals surface area contributed by atoms with E-state index in [1.165, 1.54) is 12.1 Å². The van der Waals surface area contributed by atoms with Crippen molar-refractivity contribution in [2.75, 3.05) is 13.1 Å². The van der Waals surface area contributed by atoms with Gasteiger partial charge in [0.15, 0.2) is 0 Å². The second-order valence-corrected chi connectivity index (χ2v) is 7.67. The van der Waals surface area contributed by atoms with E-state index in [9.17, 15) is 13.2 Å². The van der Waals surface area contributed by atoms with Crippen molar-refractivity contribution in [1.29, 1.82) is 0 Å². The molecule has 5 heteroatoms. The average Bonchev–Trinajstić information content (AvgIpc) is 2.78. The molecule has 4 rings (SSSR count). The van der Waals surface area contributed by atoms with E-state index in [0.717, 1.165) is 42.6 Å². The monoisotopic (exact) mass is 411 g/mol. The molecule has 156 valence electrons. The largest absolute Gasteiger partial charge is 0.489 e. The Morgan fingerprint density at radius 3 is 2.33 bits per heavy atom. The van der Waals surface area contributed by atoms with Gasteiger partial charge < -0.3 is 10.1 Å². The Morgan fingerprint density at radius 1 is 0.833 bits per heavy atom. The molecule has 0 amide bonds. The second kappa shape index (κ2) is 8.92. The van der Waals surface area contributed by atoms with E-state index in [4.69, 9.17) is 4.74 Å². The van der Waals surface area contributed by atoms with Crippen LogP contribution in [-0.4, -0.2) is 13.1 Å². The van der Waals surface area contributed by atoms with E-state index < -0.39 is 11.7 Å². The first-order valence-corrected chi connectivity index (χ1v) is 10.2. The second-order valence-electron chi connectivity index (χ2n) is 7.67. The molecule has 0 radical (unpaired) electrons. The molecule has 1 heterocycles. The zero-order valence-electron chi connectivity index (χ0n) is 16.6. The van der Waals surface area contributed by atoms with Crippen molar-refractivity contribution in [2.24, 2.45) is 0 Å². The minimum atomic E-state index is -4.38. The van der Waals surface area contributed by atoms with Crippen LogP contribution in [0.5, 0.6) is 5.75 Å². The van der Waals surface area contributed by atoms with Crippen molar-refractivity contribution in [3.05, 3.63) is 89.5 Å². The van der Waals surface area contributed by atoms with Gasteiger partial charge in [0.25, 0.3) is 0 Å². The van der Waals surface area contributed by atoms with E-state index in [1.54, 1.807) is 0 Å². The van der Waals surface area contributed by atoms with Gasteiger partial charge in [0.1, 0.15) is 12.4 Å². The molecule has 0 bridgehead atoms. The van der Waals surface area contributed by atoms with E-state index in [2.05, 4.69) is 5.32 Å². The predicted octanol–water partition coefficient (Wildman–Crippen LogP) is 6.42. The number of hydrogen-bond acceptors (Lipinski definition) is 2. The van der Waals surface area contributed by atoms with Gasteiger partial charge in [-0.2, -0.15) is 13.2 Å². The van der Waals surface area contributed by atoms with Crippen molar-refractivity contribution in [1.82, 2.24) is 5.32 Å². The zero-order valence-corrected chi connectivity index (χ0v) is 16.6. The SMILES string of the molecule is FC(F)(F)c1cc(-c2cccc(OCc3ccccc3)c2)cc(C2CCNCC2)c1. The first kappa shape index (κ1) is 20.5. The van der Waals surface area contributed by atoms with Crippen LogP contribution < -0.4 is 10.1 Å². The molecule has 3 aromatic carbocycles. The maximum absolute atomic E-state index is 13.6. The molecule has 0 aromatic heterocycles. The van der Waals surface area contributed by atoms with E-state index in [1.807, 2.05) is 60.7 Å². The first-order chi connectivity index (χ1) is 14.5. The molecule has 0 atom stereocenters. The van der Waals surface area contributed by atoms with Crippen LogP contribution in [-0.2, 0) is 12.8 Å². The molecule has 1 aliphatic heterocycles. The summed E-state index contributed by atoms with van der Waals surface area (Å²) in [5.74, 6) is 0.780. The van der Waals surface area contributed by atoms with Crippen LogP contribution >= 0.6 is 0 Å². The highest BCUT2D eigenvalue weighted by Gasteiger charge is 2.32. The molecule has 30 heavy (non-hydrogen) atoms. The Hall–Kier alpha value is -2.79. The summed E-state index contributed by atoms with van der Waals surface area (Å²) in [7, 11) is 0. The molecule has 1 N–H and O–H groups in total. The Kier molecular flexibility index (Phi) is 6.09. The van der Waals surface area contributed by atoms with Crippen LogP contribution in [0.4, 0.5) is 13.2 Å². The molecule has 1 saturated heterocycles. The highest BCUT2D eigenvalue weighted by Crippen LogP contribution is 2.37. The topological polar surface area (TPSA) is 21.3 Å². The standard InChI is InChI=1S/C25H24F3NO/c26-25(27,28)23-14-21(19-9-11-29-12-10-19)13-22(15-23)20-7-4-8-24(16-20)30-17-18-5-2-1-3-6-18/h1-8,13-16,19,29H,9-12,17H2. The Morgan fingerprint density at radius 2 is 1.60 bits per heavy atom. The van der Waals surface area contributed by atoms with Crippen molar-refractivity contribution >= 4 is 0 Å². The maximum Gasteiger partial charge on any atom is 0.416 e. The number of alkyl halides is 3. The molecule has 2 nitrogen and oxygen atoms in total. The molecule has 0 unspecified atom stereocenters. The summed E-state index contributed by atoms with van der Waals surface area (Å²) in [4.78, 5) is 0. The van der Waals surface area contributed by atoms with Gasteiger partial charge in [0.2, 0.25) is 0 Å². The Labute approximate surface area is 174 Å². The van der Waals surface area contributed by atoms with Crippen molar-refractivity contribution in [2.45, 2.75) is 31.5 Å². The summed E-state index contributed by atoms with van der Waals surface area (Å²) >= 11 is 0.